The average Bonchev–Trinajstić information content (AvgIpc) is 2.43. The lowest BCUT2D eigenvalue weighted by molar-refractivity contribution is 1.12. The van der Waals surface area contributed by atoms with Crippen LogP contribution in [0.2, 0.25) is 0 Å². The van der Waals surface area contributed by atoms with Gasteiger partial charge in [0.2, 0.25) is 0 Å². The zero-order valence-corrected chi connectivity index (χ0v) is 11.2. The first-order chi connectivity index (χ1) is 9.25. The highest BCUT2D eigenvalue weighted by molar-refractivity contribution is 8.13. The van der Waals surface area contributed by atoms with Gasteiger partial charge in [-0.25, -0.2) is 0 Å². The molecule has 0 aliphatic rings. The maximum absolute atomic E-state index is 5.79. The first kappa shape index (κ1) is 13.2. The van der Waals surface area contributed by atoms with Gasteiger partial charge < -0.3 is 5.73 Å². The van der Waals surface area contributed by atoms with Gasteiger partial charge in [-0.05, 0) is 43.0 Å². The van der Waals surface area contributed by atoms with Crippen molar-refractivity contribution in [3.8, 4) is 0 Å². The van der Waals surface area contributed by atoms with E-state index < -0.39 is 0 Å². The molecule has 2 N–H and O–H groups in total. The van der Waals surface area contributed by atoms with Gasteiger partial charge in [-0.15, -0.1) is 5.10 Å². The summed E-state index contributed by atoms with van der Waals surface area (Å²) in [5, 5.41) is 8.18. The number of thioether (sulfide) groups is 1. The summed E-state index contributed by atoms with van der Waals surface area (Å²) in [4.78, 5) is 9.25. The monoisotopic (exact) mass is 271 g/mol. The molecule has 2 aromatic heterocycles. The molecule has 2 heterocycles. The summed E-state index contributed by atoms with van der Waals surface area (Å²) < 4.78 is 0. The summed E-state index contributed by atoms with van der Waals surface area (Å²) in [5.41, 5.74) is 7.44. The first-order valence-electron chi connectivity index (χ1n) is 5.63. The van der Waals surface area contributed by atoms with E-state index >= 15 is 0 Å². The lowest BCUT2D eigenvalue weighted by atomic mass is 10.4. The molecule has 2 rings (SSSR count). The Morgan fingerprint density at radius 3 is 2.79 bits per heavy atom. The second-order valence-electron chi connectivity index (χ2n) is 3.63. The Morgan fingerprint density at radius 2 is 2.05 bits per heavy atom. The van der Waals surface area contributed by atoms with Gasteiger partial charge in [0, 0.05) is 17.3 Å². The minimum atomic E-state index is 0.364. The van der Waals surface area contributed by atoms with Crippen molar-refractivity contribution in [2.45, 2.75) is 11.8 Å². The molecule has 6 heteroatoms. The molecule has 0 aliphatic carbocycles. The predicted octanol–water partition coefficient (Wildman–Crippen LogP) is 2.23. The number of hydrogen-bond acceptors (Lipinski definition) is 5. The molecular weight excluding hydrogens is 258 g/mol. The largest absolute Gasteiger partial charge is 0.377 e. The number of nitrogens with zero attached hydrogens (tertiary/aromatic N) is 4. The van der Waals surface area contributed by atoms with E-state index in [-0.39, 0.29) is 0 Å². The van der Waals surface area contributed by atoms with Crippen molar-refractivity contribution >= 4 is 23.1 Å². The van der Waals surface area contributed by atoms with E-state index in [1.807, 2.05) is 37.3 Å². The summed E-state index contributed by atoms with van der Waals surface area (Å²) in [5.74, 6) is 0. The highest BCUT2D eigenvalue weighted by atomic mass is 32.2. The molecule has 0 saturated heterocycles. The molecule has 0 bridgehead atoms. The van der Waals surface area contributed by atoms with Gasteiger partial charge in [0.15, 0.2) is 5.17 Å². The third kappa shape index (κ3) is 4.18. The third-order valence-corrected chi connectivity index (χ3v) is 3.15. The van der Waals surface area contributed by atoms with E-state index in [4.69, 9.17) is 5.73 Å². The second kappa shape index (κ2) is 6.65. The Morgan fingerprint density at radius 1 is 1.21 bits per heavy atom. The lowest BCUT2D eigenvalue weighted by Gasteiger charge is -2.01. The molecule has 0 aliphatic heterocycles. The maximum Gasteiger partial charge on any atom is 0.185 e. The zero-order valence-electron chi connectivity index (χ0n) is 10.4. The molecule has 0 radical (unpaired) electrons. The van der Waals surface area contributed by atoms with Crippen molar-refractivity contribution in [3.63, 3.8) is 0 Å². The van der Waals surface area contributed by atoms with Crippen LogP contribution in [-0.4, -0.2) is 21.4 Å². The topological polar surface area (TPSA) is 76.5 Å². The highest BCUT2D eigenvalue weighted by Gasteiger charge is 2.01. The lowest BCUT2D eigenvalue weighted by Crippen LogP contribution is -2.06. The van der Waals surface area contributed by atoms with Crippen molar-refractivity contribution in [2.75, 3.05) is 0 Å². The fourth-order valence-corrected chi connectivity index (χ4v) is 1.97. The molecule has 19 heavy (non-hydrogen) atoms. The van der Waals surface area contributed by atoms with Crippen LogP contribution in [0.1, 0.15) is 11.4 Å². The van der Waals surface area contributed by atoms with Gasteiger partial charge in [-0.1, -0.05) is 6.07 Å². The van der Waals surface area contributed by atoms with Crippen molar-refractivity contribution in [1.29, 1.82) is 0 Å². The van der Waals surface area contributed by atoms with Crippen LogP contribution in [0.4, 0.5) is 0 Å². The van der Waals surface area contributed by atoms with Crippen molar-refractivity contribution in [2.24, 2.45) is 15.9 Å². The smallest absolute Gasteiger partial charge is 0.185 e. The molecule has 96 valence electrons. The summed E-state index contributed by atoms with van der Waals surface area (Å²) >= 11 is 1.34. The molecule has 0 unspecified atom stereocenters. The Balaban J connectivity index is 2.00. The predicted molar refractivity (Wildman–Crippen MR) is 78.3 cm³/mol. The third-order valence-electron chi connectivity index (χ3n) is 2.21. The number of rotatable bonds is 3. The molecular formula is C13H13N5S. The van der Waals surface area contributed by atoms with Crippen LogP contribution in [0.5, 0.6) is 0 Å². The normalized spacial score (nSPS) is 11.9. The van der Waals surface area contributed by atoms with E-state index in [0.29, 0.717) is 5.17 Å². The zero-order chi connectivity index (χ0) is 13.5. The van der Waals surface area contributed by atoms with Crippen LogP contribution in [0.3, 0.4) is 0 Å². The summed E-state index contributed by atoms with van der Waals surface area (Å²) in [6.45, 7) is 1.92. The summed E-state index contributed by atoms with van der Waals surface area (Å²) in [6.07, 6.45) is 5.00. The Kier molecular flexibility index (Phi) is 4.63. The van der Waals surface area contributed by atoms with Crippen molar-refractivity contribution in [3.05, 3.63) is 54.1 Å². The van der Waals surface area contributed by atoms with Crippen LogP contribution < -0.4 is 5.73 Å². The van der Waals surface area contributed by atoms with Crippen LogP contribution in [0.15, 0.2) is 57.8 Å². The first-order valence-corrected chi connectivity index (χ1v) is 6.44. The standard InChI is InChI=1S/C13H13N5S/c1-10-12(6-4-8-15-10)19-13(14)18-17-9-11-5-2-3-7-16-11/h2-9H,1H3,(H2,14,18)/b17-9+. The molecule has 5 nitrogen and oxygen atoms in total. The SMILES string of the molecule is Cc1ncccc1S/C(N)=N/N=C/c1ccccn1. The van der Waals surface area contributed by atoms with Crippen LogP contribution in [0, 0.1) is 6.92 Å². The van der Waals surface area contributed by atoms with Crippen LogP contribution in [0.25, 0.3) is 0 Å². The molecule has 0 amide bonds. The van der Waals surface area contributed by atoms with Crippen molar-refractivity contribution < 1.29 is 0 Å². The van der Waals surface area contributed by atoms with Gasteiger partial charge in [-0.3, -0.25) is 9.97 Å². The molecule has 0 fully saturated rings. The Labute approximate surface area is 115 Å². The molecule has 0 spiro atoms. The molecule has 0 aromatic carbocycles. The maximum atomic E-state index is 5.79. The Bertz CT molecular complexity index is 595. The molecule has 0 atom stereocenters. The number of aromatic nitrogens is 2. The van der Waals surface area contributed by atoms with E-state index in [1.165, 1.54) is 11.8 Å². The number of hydrogen-bond donors (Lipinski definition) is 1. The number of pyridine rings is 2. The van der Waals surface area contributed by atoms with E-state index in [2.05, 4.69) is 20.2 Å². The fourth-order valence-electron chi connectivity index (χ4n) is 1.31. The van der Waals surface area contributed by atoms with E-state index in [1.54, 1.807) is 18.6 Å². The summed E-state index contributed by atoms with van der Waals surface area (Å²) in [7, 11) is 0. The quantitative estimate of drug-likeness (QED) is 0.402. The van der Waals surface area contributed by atoms with Gasteiger partial charge >= 0.3 is 0 Å². The fraction of sp³-hybridized carbons (Fsp3) is 0.0769. The van der Waals surface area contributed by atoms with Gasteiger partial charge in [0.1, 0.15) is 0 Å². The van der Waals surface area contributed by atoms with Gasteiger partial charge in [0.25, 0.3) is 0 Å². The van der Waals surface area contributed by atoms with Crippen LogP contribution in [-0.2, 0) is 0 Å². The summed E-state index contributed by atoms with van der Waals surface area (Å²) in [6, 6.07) is 9.37. The number of amidine groups is 1. The van der Waals surface area contributed by atoms with E-state index in [0.717, 1.165) is 16.3 Å². The minimum Gasteiger partial charge on any atom is -0.377 e. The van der Waals surface area contributed by atoms with E-state index in [9.17, 15) is 0 Å². The van der Waals surface area contributed by atoms with Gasteiger partial charge in [0.05, 0.1) is 17.6 Å². The van der Waals surface area contributed by atoms with Crippen LogP contribution >= 0.6 is 11.8 Å². The Hall–Kier alpha value is -2.21. The minimum absolute atomic E-state index is 0.364. The second-order valence-corrected chi connectivity index (χ2v) is 4.69. The highest BCUT2D eigenvalue weighted by Crippen LogP contribution is 2.19. The van der Waals surface area contributed by atoms with Crippen molar-refractivity contribution in [1.82, 2.24) is 9.97 Å². The molecule has 2 aromatic rings. The average molecular weight is 271 g/mol. The number of nitrogens with two attached hydrogens (primary N) is 1. The number of aryl methyl sites for hydroxylation is 1. The van der Waals surface area contributed by atoms with Gasteiger partial charge in [-0.2, -0.15) is 5.10 Å². The molecule has 0 saturated carbocycles.